The molecule has 2 aromatic rings. The number of hydrogen-bond acceptors (Lipinski definition) is 18. The zero-order valence-corrected chi connectivity index (χ0v) is 33.4. The molecule has 0 bridgehead atoms. The number of carbonyl (C=O) groups excluding carboxylic acids is 3. The molecule has 55 heavy (non-hydrogen) atoms. The summed E-state index contributed by atoms with van der Waals surface area (Å²) in [6.45, 7) is 4.09. The van der Waals surface area contributed by atoms with Gasteiger partial charge in [0.2, 0.25) is 16.9 Å². The summed E-state index contributed by atoms with van der Waals surface area (Å²) in [6.07, 6.45) is -4.40. The molecule has 24 nitrogen and oxygen atoms in total. The van der Waals surface area contributed by atoms with Crippen molar-refractivity contribution in [1.29, 1.82) is 0 Å². The maximum Gasteiger partial charge on any atom is 0.481 e. The van der Waals surface area contributed by atoms with Gasteiger partial charge in [-0.15, -0.1) is 0 Å². The molecule has 1 aliphatic heterocycles. The van der Waals surface area contributed by atoms with Crippen LogP contribution in [0.1, 0.15) is 46.8 Å². The number of hydrogen-bond donors (Lipinski definition) is 9. The van der Waals surface area contributed by atoms with Crippen molar-refractivity contribution in [3.63, 3.8) is 0 Å². The number of rotatable bonds is 21. The van der Waals surface area contributed by atoms with E-state index in [9.17, 15) is 57.9 Å². The number of thioether (sulfide) groups is 1. The summed E-state index contributed by atoms with van der Waals surface area (Å²) < 4.78 is 62.0. The monoisotopic (exact) mass is 863 g/mol. The van der Waals surface area contributed by atoms with Gasteiger partial charge in [-0.1, -0.05) is 38.6 Å². The number of allylic oxidation sites excluding steroid dienone is 1. The Bertz CT molecular complexity index is 1860. The lowest BCUT2D eigenvalue weighted by atomic mass is 9.87. The molecular weight excluding hydrogens is 819 g/mol. The van der Waals surface area contributed by atoms with E-state index in [1.807, 2.05) is 6.92 Å². The van der Waals surface area contributed by atoms with Crippen LogP contribution in [0.5, 0.6) is 0 Å². The van der Waals surface area contributed by atoms with Crippen LogP contribution < -0.4 is 16.4 Å². The highest BCUT2D eigenvalue weighted by molar-refractivity contribution is 8.14. The molecule has 310 valence electrons. The Morgan fingerprint density at radius 3 is 2.42 bits per heavy atom. The second kappa shape index (κ2) is 19.6. The average Bonchev–Trinajstić information content (AvgIpc) is 3.64. The quantitative estimate of drug-likeness (QED) is 0.0454. The molecule has 2 amide bonds. The summed E-state index contributed by atoms with van der Waals surface area (Å²) in [6, 6.07) is 0. The molecule has 0 aliphatic carbocycles. The van der Waals surface area contributed by atoms with Crippen molar-refractivity contribution in [1.82, 2.24) is 30.2 Å². The molecule has 3 heterocycles. The molecule has 0 spiro atoms. The van der Waals surface area contributed by atoms with Crippen LogP contribution in [0.2, 0.25) is 0 Å². The van der Waals surface area contributed by atoms with Crippen LogP contribution in [0, 0.1) is 5.41 Å². The van der Waals surface area contributed by atoms with E-state index < -0.39 is 84.6 Å². The number of aliphatic hydroxyl groups is 2. The van der Waals surface area contributed by atoms with Crippen LogP contribution in [-0.2, 0) is 50.7 Å². The van der Waals surface area contributed by atoms with Gasteiger partial charge in [0, 0.05) is 30.7 Å². The zero-order chi connectivity index (χ0) is 41.4. The van der Waals surface area contributed by atoms with Gasteiger partial charge in [0.05, 0.1) is 19.5 Å². The summed E-state index contributed by atoms with van der Waals surface area (Å²) in [5, 5.41) is 26.2. The number of nitrogen functional groups attached to an aromatic ring is 1. The third-order valence-corrected chi connectivity index (χ3v) is 11.7. The van der Waals surface area contributed by atoms with Crippen LogP contribution in [0.25, 0.3) is 11.2 Å². The Labute approximate surface area is 318 Å². The number of imidazole rings is 1. The van der Waals surface area contributed by atoms with Gasteiger partial charge < -0.3 is 50.9 Å². The smallest absolute Gasteiger partial charge is 0.386 e. The van der Waals surface area contributed by atoms with E-state index in [-0.39, 0.29) is 41.6 Å². The Hall–Kier alpha value is -2.70. The van der Waals surface area contributed by atoms with E-state index in [0.29, 0.717) is 11.3 Å². The van der Waals surface area contributed by atoms with Crippen molar-refractivity contribution in [3.8, 4) is 0 Å². The predicted octanol–water partition coefficient (Wildman–Crippen LogP) is 0.0210. The average molecular weight is 864 g/mol. The van der Waals surface area contributed by atoms with E-state index in [0.717, 1.165) is 35.4 Å². The highest BCUT2D eigenvalue weighted by Gasteiger charge is 2.50. The number of nitrogens with two attached hydrogens (primary N) is 1. The third kappa shape index (κ3) is 14.0. The maximum absolute atomic E-state index is 12.7. The summed E-state index contributed by atoms with van der Waals surface area (Å²) in [7, 11) is -16.4. The standard InChI is InChI=1S/C27H44N7O17P3S/c1-5-6-15(2)26(39)55-10-9-29-17(35)7-8-30-24(38)21(37)27(3,4)12-48-54(45,46)51-53(43,44)47-11-16-20(50-52(40,41)42)19(36)25(49-16)34-14-33-18-22(28)31-13-32-23(18)34/h6,13-14,16,19-21,25,36-37H,5,7-12H2,1-4H3,(H,29,35)(H,30,38)(H,43,44)(H,45,46)(H2,28,31,32)(H2,40,41,42)/t16-,19-,20-,21?,25-/m1/s1. The number of phosphoric acid groups is 3. The molecule has 0 saturated carbocycles. The largest absolute Gasteiger partial charge is 0.481 e. The normalized spacial score (nSPS) is 22.2. The first-order valence-corrected chi connectivity index (χ1v) is 21.7. The predicted molar refractivity (Wildman–Crippen MR) is 191 cm³/mol. The van der Waals surface area contributed by atoms with Gasteiger partial charge in [0.1, 0.15) is 36.3 Å². The molecule has 1 fully saturated rings. The van der Waals surface area contributed by atoms with E-state index in [4.69, 9.17) is 19.5 Å². The summed E-state index contributed by atoms with van der Waals surface area (Å²) >= 11 is 1.05. The molecule has 3 rings (SSSR count). The summed E-state index contributed by atoms with van der Waals surface area (Å²) in [5.74, 6) is -1.12. The fourth-order valence-corrected chi connectivity index (χ4v) is 8.31. The number of nitrogens with zero attached hydrogens (tertiary/aromatic N) is 4. The van der Waals surface area contributed by atoms with Gasteiger partial charge in [-0.2, -0.15) is 4.31 Å². The molecule has 2 aromatic heterocycles. The number of aliphatic hydroxyl groups excluding tert-OH is 2. The fraction of sp³-hybridized carbons (Fsp3) is 0.630. The van der Waals surface area contributed by atoms with Crippen molar-refractivity contribution in [2.75, 3.05) is 37.8 Å². The van der Waals surface area contributed by atoms with Crippen molar-refractivity contribution in [2.45, 2.75) is 71.2 Å². The van der Waals surface area contributed by atoms with Gasteiger partial charge in [0.15, 0.2) is 17.7 Å². The fourth-order valence-electron chi connectivity index (χ4n) is 4.78. The number of carbonyl (C=O) groups is 3. The Morgan fingerprint density at radius 2 is 1.76 bits per heavy atom. The van der Waals surface area contributed by atoms with Crippen molar-refractivity contribution in [2.24, 2.45) is 5.41 Å². The lowest BCUT2D eigenvalue weighted by Crippen LogP contribution is -2.46. The summed E-state index contributed by atoms with van der Waals surface area (Å²) in [4.78, 5) is 87.4. The molecular formula is C27H44N7O17P3S. The Morgan fingerprint density at radius 1 is 1.09 bits per heavy atom. The molecule has 7 atom stereocenters. The third-order valence-electron chi connectivity index (χ3n) is 7.57. The number of anilines is 1. The number of fused-ring (bicyclic) bond motifs is 1. The number of nitrogens with one attached hydrogen (secondary N) is 2. The topological polar surface area (TPSA) is 364 Å². The lowest BCUT2D eigenvalue weighted by molar-refractivity contribution is -0.137. The minimum absolute atomic E-state index is 0.0303. The molecule has 0 radical (unpaired) electrons. The minimum atomic E-state index is -5.57. The number of phosphoric ester groups is 3. The van der Waals surface area contributed by atoms with Crippen LogP contribution in [0.15, 0.2) is 24.3 Å². The van der Waals surface area contributed by atoms with Crippen molar-refractivity contribution < 1.29 is 80.5 Å². The summed E-state index contributed by atoms with van der Waals surface area (Å²) in [5.41, 5.74) is 4.88. The van der Waals surface area contributed by atoms with Crippen LogP contribution in [-0.4, -0.2) is 123 Å². The molecule has 28 heteroatoms. The van der Waals surface area contributed by atoms with Gasteiger partial charge in [-0.05, 0) is 18.9 Å². The van der Waals surface area contributed by atoms with Crippen LogP contribution in [0.3, 0.4) is 0 Å². The number of aromatic nitrogens is 4. The lowest BCUT2D eigenvalue weighted by Gasteiger charge is -2.30. The Kier molecular flexibility index (Phi) is 16.7. The van der Waals surface area contributed by atoms with Crippen molar-refractivity contribution >= 4 is 69.1 Å². The Balaban J connectivity index is 1.50. The second-order valence-electron chi connectivity index (χ2n) is 12.5. The van der Waals surface area contributed by atoms with Gasteiger partial charge in [-0.25, -0.2) is 28.6 Å². The van der Waals surface area contributed by atoms with Gasteiger partial charge in [-0.3, -0.25) is 32.5 Å². The highest BCUT2D eigenvalue weighted by atomic mass is 32.2. The first-order valence-electron chi connectivity index (χ1n) is 16.2. The maximum atomic E-state index is 12.7. The zero-order valence-electron chi connectivity index (χ0n) is 29.9. The molecule has 1 aliphatic rings. The van der Waals surface area contributed by atoms with Gasteiger partial charge >= 0.3 is 23.5 Å². The highest BCUT2D eigenvalue weighted by Crippen LogP contribution is 2.61. The SMILES string of the molecule is CCC=C(C)C(=O)SCCNC(=O)CCNC(=O)C(O)C(C)(C)COP(=O)(O)OP(=O)(O)OC[C@H]1O[C@@H](n2cnc3c(N)ncnc32)[C@H](O)[C@@H]1OP(=O)(O)O. The van der Waals surface area contributed by atoms with E-state index in [1.165, 1.54) is 13.8 Å². The van der Waals surface area contributed by atoms with Crippen LogP contribution in [0.4, 0.5) is 5.82 Å². The first-order chi connectivity index (χ1) is 25.5. The van der Waals surface area contributed by atoms with Crippen molar-refractivity contribution in [3.05, 3.63) is 24.3 Å². The second-order valence-corrected chi connectivity index (χ2v) is 17.8. The van der Waals surface area contributed by atoms with E-state index >= 15 is 0 Å². The minimum Gasteiger partial charge on any atom is -0.386 e. The first kappa shape index (κ1) is 46.7. The molecule has 10 N–H and O–H groups in total. The van der Waals surface area contributed by atoms with E-state index in [1.54, 1.807) is 13.0 Å². The number of ether oxygens (including phenoxy) is 1. The van der Waals surface area contributed by atoms with E-state index in [2.05, 4.69) is 34.4 Å². The van der Waals surface area contributed by atoms with Gasteiger partial charge in [0.25, 0.3) is 0 Å². The molecule has 0 aromatic carbocycles. The number of amides is 2. The van der Waals surface area contributed by atoms with Crippen LogP contribution >= 0.6 is 35.2 Å². The molecule has 3 unspecified atom stereocenters. The molecule has 1 saturated heterocycles.